The van der Waals surface area contributed by atoms with E-state index in [0.29, 0.717) is 13.0 Å². The third-order valence-corrected chi connectivity index (χ3v) is 4.20. The van der Waals surface area contributed by atoms with Crippen molar-refractivity contribution in [2.24, 2.45) is 5.92 Å². The smallest absolute Gasteiger partial charge is 0.305 e. The zero-order chi connectivity index (χ0) is 14.0. The Balaban J connectivity index is 1.51. The van der Waals surface area contributed by atoms with E-state index in [4.69, 9.17) is 4.74 Å². The molecule has 0 saturated heterocycles. The molecule has 0 bridgehead atoms. The van der Waals surface area contributed by atoms with Gasteiger partial charge < -0.3 is 4.74 Å². The van der Waals surface area contributed by atoms with Gasteiger partial charge in [0.25, 0.3) is 0 Å². The second-order valence-corrected chi connectivity index (χ2v) is 5.85. The first-order valence-electron chi connectivity index (χ1n) is 8.04. The minimum atomic E-state index is -0.0105. The fraction of sp³-hybridized carbons (Fsp3) is 0.611. The fourth-order valence-corrected chi connectivity index (χ4v) is 2.98. The van der Waals surface area contributed by atoms with Gasteiger partial charge in [0.1, 0.15) is 0 Å². The molecule has 1 aromatic carbocycles. The topological polar surface area (TPSA) is 26.3 Å². The van der Waals surface area contributed by atoms with E-state index in [-0.39, 0.29) is 5.97 Å². The summed E-state index contributed by atoms with van der Waals surface area (Å²) < 4.78 is 5.32. The largest absolute Gasteiger partial charge is 0.466 e. The maximum atomic E-state index is 11.7. The summed E-state index contributed by atoms with van der Waals surface area (Å²) in [6, 6.07) is 10.3. The van der Waals surface area contributed by atoms with Crippen LogP contribution in [0, 0.1) is 5.92 Å². The van der Waals surface area contributed by atoms with Crippen LogP contribution in [-0.4, -0.2) is 12.6 Å². The number of benzene rings is 1. The fourth-order valence-electron chi connectivity index (χ4n) is 2.98. The molecule has 2 rings (SSSR count). The average Bonchev–Trinajstić information content (AvgIpc) is 2.52. The summed E-state index contributed by atoms with van der Waals surface area (Å²) >= 11 is 0. The van der Waals surface area contributed by atoms with Crippen molar-refractivity contribution >= 4 is 5.97 Å². The number of esters is 1. The predicted octanol–water partition coefficient (Wildman–Crippen LogP) is 4.52. The highest BCUT2D eigenvalue weighted by atomic mass is 16.5. The van der Waals surface area contributed by atoms with Crippen molar-refractivity contribution in [2.75, 3.05) is 6.61 Å². The van der Waals surface area contributed by atoms with Gasteiger partial charge in [0, 0.05) is 6.42 Å². The number of carbonyl (C=O) groups excluding carboxylic acids is 1. The van der Waals surface area contributed by atoms with E-state index in [2.05, 4.69) is 12.1 Å². The molecule has 0 N–H and O–H groups in total. The van der Waals surface area contributed by atoms with Crippen LogP contribution in [0.1, 0.15) is 56.9 Å². The lowest BCUT2D eigenvalue weighted by Gasteiger charge is -2.20. The monoisotopic (exact) mass is 274 g/mol. The highest BCUT2D eigenvalue weighted by Gasteiger charge is 2.15. The Morgan fingerprint density at radius 1 is 1.10 bits per heavy atom. The SMILES string of the molecule is O=C(CCC1CCCCC1)OCCCc1ccccc1. The van der Waals surface area contributed by atoms with Crippen LogP contribution in [0.15, 0.2) is 30.3 Å². The number of hydrogen-bond acceptors (Lipinski definition) is 2. The van der Waals surface area contributed by atoms with Crippen LogP contribution in [0.5, 0.6) is 0 Å². The molecule has 0 amide bonds. The van der Waals surface area contributed by atoms with Gasteiger partial charge in [0.15, 0.2) is 0 Å². The van der Waals surface area contributed by atoms with Gasteiger partial charge >= 0.3 is 5.97 Å². The minimum Gasteiger partial charge on any atom is -0.466 e. The molecule has 0 radical (unpaired) electrons. The summed E-state index contributed by atoms with van der Waals surface area (Å²) in [6.45, 7) is 0.554. The first kappa shape index (κ1) is 15.1. The van der Waals surface area contributed by atoms with Gasteiger partial charge in [-0.05, 0) is 30.7 Å². The molecule has 1 aromatic rings. The van der Waals surface area contributed by atoms with Crippen molar-refractivity contribution in [3.63, 3.8) is 0 Å². The number of aryl methyl sites for hydroxylation is 1. The highest BCUT2D eigenvalue weighted by molar-refractivity contribution is 5.69. The number of rotatable bonds is 7. The molecule has 1 aliphatic carbocycles. The van der Waals surface area contributed by atoms with Gasteiger partial charge in [-0.15, -0.1) is 0 Å². The second-order valence-electron chi connectivity index (χ2n) is 5.85. The van der Waals surface area contributed by atoms with Crippen LogP contribution in [0.3, 0.4) is 0 Å². The van der Waals surface area contributed by atoms with Crippen LogP contribution < -0.4 is 0 Å². The Morgan fingerprint density at radius 2 is 1.85 bits per heavy atom. The standard InChI is InChI=1S/C18H26O2/c19-18(14-13-17-10-5-2-6-11-17)20-15-7-12-16-8-3-1-4-9-16/h1,3-4,8-9,17H,2,5-7,10-15H2. The number of carbonyl (C=O) groups is 1. The lowest BCUT2D eigenvalue weighted by molar-refractivity contribution is -0.144. The van der Waals surface area contributed by atoms with Crippen molar-refractivity contribution < 1.29 is 9.53 Å². The number of hydrogen-bond donors (Lipinski definition) is 0. The first-order valence-corrected chi connectivity index (χ1v) is 8.04. The summed E-state index contributed by atoms with van der Waals surface area (Å²) in [6.07, 6.45) is 10.2. The molecular formula is C18H26O2. The van der Waals surface area contributed by atoms with Gasteiger partial charge in [0.2, 0.25) is 0 Å². The summed E-state index contributed by atoms with van der Waals surface area (Å²) in [5.74, 6) is 0.754. The van der Waals surface area contributed by atoms with Crippen LogP contribution in [0.25, 0.3) is 0 Å². The summed E-state index contributed by atoms with van der Waals surface area (Å²) in [7, 11) is 0. The molecule has 110 valence electrons. The first-order chi connectivity index (χ1) is 9.84. The quantitative estimate of drug-likeness (QED) is 0.539. The third kappa shape index (κ3) is 5.77. The van der Waals surface area contributed by atoms with E-state index in [1.54, 1.807) is 0 Å². The van der Waals surface area contributed by atoms with Crippen LogP contribution in [-0.2, 0) is 16.0 Å². The Labute approximate surface area is 122 Å². The van der Waals surface area contributed by atoms with E-state index in [0.717, 1.165) is 25.2 Å². The molecule has 1 fully saturated rings. The number of ether oxygens (including phenoxy) is 1. The van der Waals surface area contributed by atoms with Crippen LogP contribution in [0.2, 0.25) is 0 Å². The minimum absolute atomic E-state index is 0.0105. The van der Waals surface area contributed by atoms with E-state index in [9.17, 15) is 4.79 Å². The van der Waals surface area contributed by atoms with Gasteiger partial charge in [-0.3, -0.25) is 4.79 Å². The third-order valence-electron chi connectivity index (χ3n) is 4.20. The van der Waals surface area contributed by atoms with Crippen molar-refractivity contribution in [3.05, 3.63) is 35.9 Å². The molecule has 0 aromatic heterocycles. The summed E-state index contributed by atoms with van der Waals surface area (Å²) in [5, 5.41) is 0. The van der Waals surface area contributed by atoms with E-state index < -0.39 is 0 Å². The van der Waals surface area contributed by atoms with E-state index in [1.807, 2.05) is 18.2 Å². The predicted molar refractivity (Wildman–Crippen MR) is 81.5 cm³/mol. The van der Waals surface area contributed by atoms with Crippen molar-refractivity contribution in [1.82, 2.24) is 0 Å². The Bertz CT molecular complexity index is 380. The molecule has 0 aliphatic heterocycles. The molecule has 0 spiro atoms. The van der Waals surface area contributed by atoms with Crippen LogP contribution in [0.4, 0.5) is 0 Å². The van der Waals surface area contributed by atoms with Crippen molar-refractivity contribution in [3.8, 4) is 0 Å². The van der Waals surface area contributed by atoms with Crippen molar-refractivity contribution in [1.29, 1.82) is 0 Å². The molecular weight excluding hydrogens is 248 g/mol. The van der Waals surface area contributed by atoms with Gasteiger partial charge in [-0.2, -0.15) is 0 Å². The zero-order valence-electron chi connectivity index (χ0n) is 12.4. The maximum absolute atomic E-state index is 11.7. The van der Waals surface area contributed by atoms with Gasteiger partial charge in [0.05, 0.1) is 6.61 Å². The van der Waals surface area contributed by atoms with Gasteiger partial charge in [-0.25, -0.2) is 0 Å². The molecule has 2 heteroatoms. The lowest BCUT2D eigenvalue weighted by atomic mass is 9.86. The van der Waals surface area contributed by atoms with Crippen LogP contribution >= 0.6 is 0 Å². The molecule has 2 nitrogen and oxygen atoms in total. The molecule has 1 saturated carbocycles. The van der Waals surface area contributed by atoms with Crippen molar-refractivity contribution in [2.45, 2.75) is 57.8 Å². The second kappa shape index (κ2) is 8.78. The van der Waals surface area contributed by atoms with Gasteiger partial charge in [-0.1, -0.05) is 62.4 Å². The zero-order valence-corrected chi connectivity index (χ0v) is 12.4. The van der Waals surface area contributed by atoms with E-state index in [1.165, 1.54) is 37.7 Å². The molecule has 0 atom stereocenters. The average molecular weight is 274 g/mol. The lowest BCUT2D eigenvalue weighted by Crippen LogP contribution is -2.11. The maximum Gasteiger partial charge on any atom is 0.305 e. The highest BCUT2D eigenvalue weighted by Crippen LogP contribution is 2.27. The Morgan fingerprint density at radius 3 is 2.60 bits per heavy atom. The Kier molecular flexibility index (Phi) is 6.62. The van der Waals surface area contributed by atoms with E-state index >= 15 is 0 Å². The Hall–Kier alpha value is -1.31. The summed E-state index contributed by atoms with van der Waals surface area (Å²) in [5.41, 5.74) is 1.31. The summed E-state index contributed by atoms with van der Waals surface area (Å²) in [4.78, 5) is 11.7. The molecule has 0 heterocycles. The molecule has 0 unspecified atom stereocenters. The molecule has 1 aliphatic rings. The normalized spacial score (nSPS) is 16.0. The molecule has 20 heavy (non-hydrogen) atoms.